The van der Waals surface area contributed by atoms with E-state index in [2.05, 4.69) is 10.3 Å². The van der Waals surface area contributed by atoms with Crippen LogP contribution in [0.25, 0.3) is 10.9 Å². The van der Waals surface area contributed by atoms with Crippen molar-refractivity contribution in [2.45, 2.75) is 52.8 Å². The zero-order valence-corrected chi connectivity index (χ0v) is 17.9. The zero-order chi connectivity index (χ0) is 22.2. The predicted octanol–water partition coefficient (Wildman–Crippen LogP) is 1.69. The molecule has 1 aliphatic rings. The van der Waals surface area contributed by atoms with Gasteiger partial charge in [0.05, 0.1) is 16.9 Å². The third kappa shape index (κ3) is 4.39. The number of nitrogens with one attached hydrogen (secondary N) is 2. The fourth-order valence-corrected chi connectivity index (χ4v) is 3.56. The number of aromatic amines is 1. The average molecular weight is 416 g/mol. The smallest absolute Gasteiger partial charge is 0.410 e. The number of benzene rings is 1. The number of hydrogen-bond acceptors (Lipinski definition) is 5. The highest BCUT2D eigenvalue weighted by Crippen LogP contribution is 2.20. The van der Waals surface area contributed by atoms with Crippen molar-refractivity contribution in [2.75, 3.05) is 13.1 Å². The van der Waals surface area contributed by atoms with Crippen LogP contribution in [0.3, 0.4) is 0 Å². The van der Waals surface area contributed by atoms with Crippen LogP contribution in [0, 0.1) is 5.92 Å². The van der Waals surface area contributed by atoms with Crippen LogP contribution in [-0.4, -0.2) is 51.2 Å². The minimum absolute atomic E-state index is 0.0542. The summed E-state index contributed by atoms with van der Waals surface area (Å²) in [4.78, 5) is 53.7. The lowest BCUT2D eigenvalue weighted by atomic mass is 10.1. The van der Waals surface area contributed by atoms with E-state index in [1.807, 2.05) is 27.7 Å². The van der Waals surface area contributed by atoms with Crippen molar-refractivity contribution in [3.05, 3.63) is 44.6 Å². The van der Waals surface area contributed by atoms with Crippen LogP contribution < -0.4 is 16.6 Å². The molecule has 0 saturated carbocycles. The molecule has 2 aromatic rings. The number of aromatic nitrogens is 2. The minimum atomic E-state index is -0.583. The normalized spacial score (nSPS) is 19.2. The summed E-state index contributed by atoms with van der Waals surface area (Å²) in [5.74, 6) is -0.279. The van der Waals surface area contributed by atoms with E-state index < -0.39 is 17.4 Å². The first-order valence-corrected chi connectivity index (χ1v) is 10.1. The first-order chi connectivity index (χ1) is 14.0. The standard InChI is InChI=1S/C21H28N4O5/c1-6-25-18(27)14-8-7-13(9-15(14)23-19(25)28)17(26)22-16-11-24(10-12(16)2)20(29)30-21(3,4)5/h7-9,12,16H,6,10-11H2,1-5H3,(H,22,26)(H,23,28)/t12-,16+/m0/s1. The van der Waals surface area contributed by atoms with Gasteiger partial charge in [-0.3, -0.25) is 14.2 Å². The van der Waals surface area contributed by atoms with Crippen LogP contribution in [0.2, 0.25) is 0 Å². The van der Waals surface area contributed by atoms with Crippen molar-refractivity contribution in [2.24, 2.45) is 5.92 Å². The van der Waals surface area contributed by atoms with Crippen molar-refractivity contribution >= 4 is 22.9 Å². The SMILES string of the molecule is CCn1c(=O)[nH]c2cc(C(=O)N[C@@H]3CN(C(=O)OC(C)(C)C)C[C@@H]3C)ccc2c1=O. The molecule has 2 heterocycles. The van der Waals surface area contributed by atoms with Crippen LogP contribution in [0.4, 0.5) is 4.79 Å². The second-order valence-corrected chi connectivity index (χ2v) is 8.68. The van der Waals surface area contributed by atoms with Crippen molar-refractivity contribution in [1.82, 2.24) is 19.8 Å². The average Bonchev–Trinajstić information content (AvgIpc) is 3.01. The van der Waals surface area contributed by atoms with Crippen LogP contribution in [0.1, 0.15) is 45.0 Å². The van der Waals surface area contributed by atoms with E-state index >= 15 is 0 Å². The molecule has 2 amide bonds. The highest BCUT2D eigenvalue weighted by Gasteiger charge is 2.35. The summed E-state index contributed by atoms with van der Waals surface area (Å²) in [6.07, 6.45) is -0.401. The third-order valence-corrected chi connectivity index (χ3v) is 5.14. The zero-order valence-electron chi connectivity index (χ0n) is 17.9. The van der Waals surface area contributed by atoms with Crippen molar-refractivity contribution in [1.29, 1.82) is 0 Å². The fourth-order valence-electron chi connectivity index (χ4n) is 3.56. The Morgan fingerprint density at radius 1 is 1.23 bits per heavy atom. The third-order valence-electron chi connectivity index (χ3n) is 5.14. The van der Waals surface area contributed by atoms with E-state index in [0.717, 1.165) is 4.57 Å². The summed E-state index contributed by atoms with van der Waals surface area (Å²) in [5, 5.41) is 3.29. The monoisotopic (exact) mass is 416 g/mol. The van der Waals surface area contributed by atoms with E-state index in [1.54, 1.807) is 24.0 Å². The van der Waals surface area contributed by atoms with Gasteiger partial charge in [-0.05, 0) is 51.8 Å². The topological polar surface area (TPSA) is 114 Å². The van der Waals surface area contributed by atoms with Gasteiger partial charge in [0.2, 0.25) is 0 Å². The van der Waals surface area contributed by atoms with Crippen LogP contribution in [-0.2, 0) is 11.3 Å². The lowest BCUT2D eigenvalue weighted by Crippen LogP contribution is -2.41. The number of carbonyl (C=O) groups excluding carboxylic acids is 2. The lowest BCUT2D eigenvalue weighted by molar-refractivity contribution is 0.0285. The number of rotatable bonds is 3. The highest BCUT2D eigenvalue weighted by atomic mass is 16.6. The molecule has 1 aliphatic heterocycles. The first kappa shape index (κ1) is 21.6. The van der Waals surface area contributed by atoms with Gasteiger partial charge in [-0.2, -0.15) is 0 Å². The van der Waals surface area contributed by atoms with Gasteiger partial charge >= 0.3 is 11.8 Å². The number of likely N-dealkylation sites (tertiary alicyclic amines) is 1. The predicted molar refractivity (Wildman–Crippen MR) is 113 cm³/mol. The summed E-state index contributed by atoms with van der Waals surface area (Å²) in [7, 11) is 0. The molecule has 162 valence electrons. The van der Waals surface area contributed by atoms with E-state index in [9.17, 15) is 19.2 Å². The van der Waals surface area contributed by atoms with Gasteiger partial charge < -0.3 is 19.9 Å². The van der Waals surface area contributed by atoms with E-state index in [0.29, 0.717) is 29.6 Å². The molecule has 0 aliphatic carbocycles. The van der Waals surface area contributed by atoms with E-state index in [1.165, 1.54) is 6.07 Å². The van der Waals surface area contributed by atoms with E-state index in [-0.39, 0.29) is 30.0 Å². The fraction of sp³-hybridized carbons (Fsp3) is 0.524. The van der Waals surface area contributed by atoms with E-state index in [4.69, 9.17) is 4.74 Å². The molecule has 2 N–H and O–H groups in total. The Morgan fingerprint density at radius 2 is 1.93 bits per heavy atom. The second-order valence-electron chi connectivity index (χ2n) is 8.68. The number of hydrogen-bond donors (Lipinski definition) is 2. The summed E-state index contributed by atoms with van der Waals surface area (Å²) in [6, 6.07) is 4.37. The molecule has 2 atom stereocenters. The van der Waals surface area contributed by atoms with Gasteiger partial charge in [0.1, 0.15) is 5.60 Å². The number of amides is 2. The Kier molecular flexibility index (Phi) is 5.74. The maximum atomic E-state index is 12.8. The molecule has 30 heavy (non-hydrogen) atoms. The van der Waals surface area contributed by atoms with Gasteiger partial charge in [0, 0.05) is 25.2 Å². The molecular weight excluding hydrogens is 388 g/mol. The maximum Gasteiger partial charge on any atom is 0.410 e. The lowest BCUT2D eigenvalue weighted by Gasteiger charge is -2.24. The van der Waals surface area contributed by atoms with Crippen LogP contribution >= 0.6 is 0 Å². The Hall–Kier alpha value is -3.10. The molecule has 9 nitrogen and oxygen atoms in total. The Balaban J connectivity index is 1.76. The van der Waals surface area contributed by atoms with Gasteiger partial charge in [-0.25, -0.2) is 9.59 Å². The number of carbonyl (C=O) groups is 2. The number of nitrogens with zero attached hydrogens (tertiary/aromatic N) is 2. The van der Waals surface area contributed by atoms with Gasteiger partial charge in [-0.1, -0.05) is 6.92 Å². The molecule has 3 rings (SSSR count). The highest BCUT2D eigenvalue weighted by molar-refractivity contribution is 5.97. The van der Waals surface area contributed by atoms with Crippen LogP contribution in [0.5, 0.6) is 0 Å². The van der Waals surface area contributed by atoms with Crippen molar-refractivity contribution in [3.8, 4) is 0 Å². The largest absolute Gasteiger partial charge is 0.444 e. The molecule has 1 aromatic carbocycles. The first-order valence-electron chi connectivity index (χ1n) is 10.1. The molecule has 0 bridgehead atoms. The minimum Gasteiger partial charge on any atom is -0.444 e. The Labute approximate surface area is 174 Å². The van der Waals surface area contributed by atoms with Gasteiger partial charge in [0.25, 0.3) is 11.5 Å². The Bertz CT molecular complexity index is 1100. The molecule has 9 heteroatoms. The summed E-state index contributed by atoms with van der Waals surface area (Å²) in [6.45, 7) is 10.2. The van der Waals surface area contributed by atoms with Crippen molar-refractivity contribution < 1.29 is 14.3 Å². The molecule has 1 fully saturated rings. The van der Waals surface area contributed by atoms with Crippen LogP contribution in [0.15, 0.2) is 27.8 Å². The summed E-state index contributed by atoms with van der Waals surface area (Å²) >= 11 is 0. The summed E-state index contributed by atoms with van der Waals surface area (Å²) < 4.78 is 6.51. The molecule has 1 aromatic heterocycles. The molecule has 1 saturated heterocycles. The van der Waals surface area contributed by atoms with Gasteiger partial charge in [-0.15, -0.1) is 0 Å². The number of H-pyrrole nitrogens is 1. The van der Waals surface area contributed by atoms with Gasteiger partial charge in [0.15, 0.2) is 0 Å². The Morgan fingerprint density at radius 3 is 2.57 bits per heavy atom. The number of ether oxygens (including phenoxy) is 1. The second kappa shape index (κ2) is 7.97. The maximum absolute atomic E-state index is 12.8. The number of fused-ring (bicyclic) bond motifs is 1. The molecule has 0 unspecified atom stereocenters. The molecule has 0 spiro atoms. The summed E-state index contributed by atoms with van der Waals surface area (Å²) in [5.41, 5.74) is -0.836. The quantitative estimate of drug-likeness (QED) is 0.791. The molecule has 0 radical (unpaired) electrons. The van der Waals surface area contributed by atoms with Crippen molar-refractivity contribution in [3.63, 3.8) is 0 Å². The molecular formula is C21H28N4O5.